The van der Waals surface area contributed by atoms with Crippen molar-refractivity contribution in [1.82, 2.24) is 0 Å². The molecule has 1 spiro atoms. The number of methoxy groups -OCH3 is 1. The Hall–Kier alpha value is -2.90. The SMILES string of the molecule is COC(=O)OCOC(C(=O)OC1CC2CCC(C1)[N+]21CCCC1)(c1ccccc1)c1ccccc1. The molecule has 3 fully saturated rings. The van der Waals surface area contributed by atoms with Crippen LogP contribution in [0.2, 0.25) is 0 Å². The molecule has 0 aromatic heterocycles. The van der Waals surface area contributed by atoms with Crippen LogP contribution in [-0.2, 0) is 29.3 Å². The van der Waals surface area contributed by atoms with Crippen molar-refractivity contribution in [3.63, 3.8) is 0 Å². The molecule has 5 rings (SSSR count). The maximum atomic E-state index is 14.1. The Labute approximate surface area is 206 Å². The fourth-order valence-electron chi connectivity index (χ4n) is 6.74. The third-order valence-corrected chi connectivity index (χ3v) is 8.30. The highest BCUT2D eigenvalue weighted by molar-refractivity contribution is 5.86. The van der Waals surface area contributed by atoms with E-state index < -0.39 is 24.5 Å². The number of piperidine rings is 1. The first kappa shape index (κ1) is 23.8. The first-order valence-electron chi connectivity index (χ1n) is 12.6. The Balaban J connectivity index is 1.44. The molecule has 2 aromatic rings. The Morgan fingerprint density at radius 1 is 0.886 bits per heavy atom. The summed E-state index contributed by atoms with van der Waals surface area (Å²) in [6.07, 6.45) is 5.78. The van der Waals surface area contributed by atoms with E-state index in [0.717, 1.165) is 12.8 Å². The molecule has 0 radical (unpaired) electrons. The average molecular weight is 481 g/mol. The van der Waals surface area contributed by atoms with Crippen molar-refractivity contribution in [1.29, 1.82) is 0 Å². The zero-order chi connectivity index (χ0) is 24.3. The molecule has 2 aromatic carbocycles. The Morgan fingerprint density at radius 3 is 1.94 bits per heavy atom. The Morgan fingerprint density at radius 2 is 1.43 bits per heavy atom. The van der Waals surface area contributed by atoms with Gasteiger partial charge in [0.2, 0.25) is 5.60 Å². The van der Waals surface area contributed by atoms with Crippen LogP contribution in [0.25, 0.3) is 0 Å². The van der Waals surface area contributed by atoms with E-state index in [0.29, 0.717) is 23.2 Å². The summed E-state index contributed by atoms with van der Waals surface area (Å²) < 4.78 is 23.3. The van der Waals surface area contributed by atoms with Crippen molar-refractivity contribution in [2.45, 2.75) is 62.3 Å². The molecule has 7 nitrogen and oxygen atoms in total. The number of hydrogen-bond donors (Lipinski definition) is 0. The number of quaternary nitrogens is 1. The highest BCUT2D eigenvalue weighted by Gasteiger charge is 2.56. The molecule has 3 saturated heterocycles. The molecule has 2 bridgehead atoms. The van der Waals surface area contributed by atoms with Gasteiger partial charge in [0.1, 0.15) is 6.10 Å². The number of nitrogens with zero attached hydrogens (tertiary/aromatic N) is 1. The molecule has 3 aliphatic rings. The lowest BCUT2D eigenvalue weighted by Gasteiger charge is -2.47. The number of carbonyl (C=O) groups is 2. The average Bonchev–Trinajstić information content (AvgIpc) is 3.44. The highest BCUT2D eigenvalue weighted by Crippen LogP contribution is 2.47. The first-order valence-corrected chi connectivity index (χ1v) is 12.6. The van der Waals surface area contributed by atoms with Gasteiger partial charge in [0.25, 0.3) is 0 Å². The maximum Gasteiger partial charge on any atom is 0.510 e. The van der Waals surface area contributed by atoms with E-state index in [9.17, 15) is 9.59 Å². The van der Waals surface area contributed by atoms with Gasteiger partial charge in [0.15, 0.2) is 6.79 Å². The summed E-state index contributed by atoms with van der Waals surface area (Å²) in [6, 6.07) is 19.7. The van der Waals surface area contributed by atoms with Crippen LogP contribution in [0.1, 0.15) is 49.7 Å². The topological polar surface area (TPSA) is 71.1 Å². The molecule has 0 N–H and O–H groups in total. The monoisotopic (exact) mass is 480 g/mol. The zero-order valence-electron chi connectivity index (χ0n) is 20.3. The van der Waals surface area contributed by atoms with Crippen LogP contribution in [0, 0.1) is 0 Å². The smallest absolute Gasteiger partial charge is 0.459 e. The van der Waals surface area contributed by atoms with E-state index in [4.69, 9.17) is 14.2 Å². The quantitative estimate of drug-likeness (QED) is 0.329. The largest absolute Gasteiger partial charge is 0.510 e. The minimum absolute atomic E-state index is 0.152. The first-order chi connectivity index (χ1) is 17.1. The minimum atomic E-state index is -1.58. The molecule has 7 heteroatoms. The van der Waals surface area contributed by atoms with Crippen LogP contribution in [0.4, 0.5) is 4.79 Å². The molecular formula is C28H34NO6+. The van der Waals surface area contributed by atoms with Crippen molar-refractivity contribution in [2.24, 2.45) is 0 Å². The molecule has 35 heavy (non-hydrogen) atoms. The molecule has 2 unspecified atom stereocenters. The van der Waals surface area contributed by atoms with Gasteiger partial charge >= 0.3 is 12.1 Å². The van der Waals surface area contributed by atoms with Crippen LogP contribution in [0.5, 0.6) is 0 Å². The lowest BCUT2D eigenvalue weighted by molar-refractivity contribution is -0.956. The number of rotatable bonds is 7. The molecule has 3 aliphatic heterocycles. The summed E-state index contributed by atoms with van der Waals surface area (Å²) in [5.74, 6) is -0.484. The van der Waals surface area contributed by atoms with Crippen molar-refractivity contribution in [2.75, 3.05) is 27.0 Å². The molecule has 0 amide bonds. The fourth-order valence-corrected chi connectivity index (χ4v) is 6.74. The molecule has 186 valence electrons. The summed E-state index contributed by atoms with van der Waals surface area (Å²) in [4.78, 5) is 25.7. The second kappa shape index (κ2) is 9.99. The predicted molar refractivity (Wildman–Crippen MR) is 128 cm³/mol. The van der Waals surface area contributed by atoms with Crippen molar-refractivity contribution < 1.29 is 33.0 Å². The van der Waals surface area contributed by atoms with Crippen molar-refractivity contribution in [3.05, 3.63) is 71.8 Å². The third kappa shape index (κ3) is 4.32. The van der Waals surface area contributed by atoms with E-state index >= 15 is 0 Å². The lowest BCUT2D eigenvalue weighted by atomic mass is 9.85. The van der Waals surface area contributed by atoms with E-state index in [2.05, 4.69) is 4.74 Å². The zero-order valence-corrected chi connectivity index (χ0v) is 20.3. The highest BCUT2D eigenvalue weighted by atomic mass is 16.8. The predicted octanol–water partition coefficient (Wildman–Crippen LogP) is 4.53. The Kier molecular flexibility index (Phi) is 6.80. The van der Waals surface area contributed by atoms with E-state index in [1.165, 1.54) is 50.4 Å². The molecular weight excluding hydrogens is 446 g/mol. The fraction of sp³-hybridized carbons (Fsp3) is 0.500. The summed E-state index contributed by atoms with van der Waals surface area (Å²) >= 11 is 0. The van der Waals surface area contributed by atoms with E-state index in [1.54, 1.807) is 0 Å². The van der Waals surface area contributed by atoms with E-state index in [1.807, 2.05) is 60.7 Å². The molecule has 0 aliphatic carbocycles. The maximum absolute atomic E-state index is 14.1. The van der Waals surface area contributed by atoms with Gasteiger partial charge in [-0.1, -0.05) is 60.7 Å². The molecule has 2 atom stereocenters. The van der Waals surface area contributed by atoms with Gasteiger partial charge in [-0.05, 0) is 11.1 Å². The van der Waals surface area contributed by atoms with Crippen molar-refractivity contribution >= 4 is 12.1 Å². The van der Waals surface area contributed by atoms with Gasteiger partial charge < -0.3 is 23.4 Å². The van der Waals surface area contributed by atoms with E-state index in [-0.39, 0.29) is 6.10 Å². The number of carbonyl (C=O) groups excluding carboxylic acids is 2. The number of esters is 1. The molecule has 3 heterocycles. The summed E-state index contributed by atoms with van der Waals surface area (Å²) in [6.45, 7) is 2.07. The van der Waals surface area contributed by atoms with Crippen LogP contribution < -0.4 is 0 Å². The summed E-state index contributed by atoms with van der Waals surface area (Å²) in [7, 11) is 1.23. The van der Waals surface area contributed by atoms with Gasteiger partial charge in [-0.3, -0.25) is 0 Å². The minimum Gasteiger partial charge on any atom is -0.459 e. The summed E-state index contributed by atoms with van der Waals surface area (Å²) in [5, 5.41) is 0. The van der Waals surface area contributed by atoms with Gasteiger partial charge in [-0.2, -0.15) is 0 Å². The number of hydrogen-bond acceptors (Lipinski definition) is 6. The molecule has 0 saturated carbocycles. The second-order valence-corrected chi connectivity index (χ2v) is 9.91. The number of benzene rings is 2. The summed E-state index contributed by atoms with van der Waals surface area (Å²) in [5.41, 5.74) is -0.342. The van der Waals surface area contributed by atoms with Gasteiger partial charge in [-0.25, -0.2) is 9.59 Å². The number of ether oxygens (including phenoxy) is 4. The van der Waals surface area contributed by atoms with Gasteiger partial charge in [-0.15, -0.1) is 0 Å². The normalized spacial score (nSPS) is 24.8. The van der Waals surface area contributed by atoms with Gasteiger partial charge in [0, 0.05) is 38.5 Å². The second-order valence-electron chi connectivity index (χ2n) is 9.91. The van der Waals surface area contributed by atoms with Crippen LogP contribution in [0.15, 0.2) is 60.7 Å². The van der Waals surface area contributed by atoms with Crippen LogP contribution >= 0.6 is 0 Å². The van der Waals surface area contributed by atoms with Gasteiger partial charge in [0.05, 0.1) is 32.3 Å². The van der Waals surface area contributed by atoms with Crippen molar-refractivity contribution in [3.8, 4) is 0 Å². The standard InChI is InChI=1S/C28H34NO6/c1-32-27(31)33-20-34-28(21-10-4-2-5-11-21,22-12-6-3-7-13-22)26(30)35-25-18-23-14-15-24(19-25)29(23)16-8-9-17-29/h2-7,10-13,23-25H,8-9,14-20H2,1H3/q+1. The van der Waals surface area contributed by atoms with Crippen LogP contribution in [0.3, 0.4) is 0 Å². The Bertz CT molecular complexity index is 965. The lowest BCUT2D eigenvalue weighted by Crippen LogP contribution is -2.60. The third-order valence-electron chi connectivity index (χ3n) is 8.30. The van der Waals surface area contributed by atoms with Crippen LogP contribution in [-0.4, -0.2) is 61.8 Å².